The predicted molar refractivity (Wildman–Crippen MR) is 78.5 cm³/mol. The average Bonchev–Trinajstić information content (AvgIpc) is 2.72. The average molecular weight is 355 g/mol. The van der Waals surface area contributed by atoms with E-state index < -0.39 is 12.0 Å². The highest BCUT2D eigenvalue weighted by atomic mass is 79.9. The molecule has 1 aromatic rings. The number of imide groups is 1. The summed E-state index contributed by atoms with van der Waals surface area (Å²) in [4.78, 5) is 35.7. The number of hydrogen-bond donors (Lipinski definition) is 1. The van der Waals surface area contributed by atoms with Gasteiger partial charge in [-0.1, -0.05) is 22.0 Å². The van der Waals surface area contributed by atoms with Crippen LogP contribution in [-0.4, -0.2) is 42.9 Å². The molecule has 1 aliphatic heterocycles. The molecule has 0 spiro atoms. The maximum Gasteiger partial charge on any atom is 0.337 e. The van der Waals surface area contributed by atoms with Crippen LogP contribution in [0.2, 0.25) is 0 Å². The summed E-state index contributed by atoms with van der Waals surface area (Å²) in [6.07, 6.45) is 0.174. The largest absolute Gasteiger partial charge is 0.465 e. The van der Waals surface area contributed by atoms with Gasteiger partial charge in [-0.15, -0.1) is 0 Å². The van der Waals surface area contributed by atoms with Crippen molar-refractivity contribution >= 4 is 33.7 Å². The Kier molecular flexibility index (Phi) is 4.74. The molecule has 7 heteroatoms. The number of hydrogen-bond acceptors (Lipinski definition) is 5. The van der Waals surface area contributed by atoms with E-state index in [0.29, 0.717) is 12.1 Å². The van der Waals surface area contributed by atoms with Gasteiger partial charge in [-0.3, -0.25) is 14.5 Å². The molecule has 1 atom stereocenters. The van der Waals surface area contributed by atoms with Crippen LogP contribution in [0.1, 0.15) is 22.3 Å². The molecule has 1 saturated heterocycles. The van der Waals surface area contributed by atoms with E-state index in [0.717, 1.165) is 14.9 Å². The summed E-state index contributed by atoms with van der Waals surface area (Å²) in [6, 6.07) is 4.60. The fraction of sp³-hybridized carbons (Fsp3) is 0.357. The third-order valence-corrected chi connectivity index (χ3v) is 4.13. The third-order valence-electron chi connectivity index (χ3n) is 3.39. The summed E-state index contributed by atoms with van der Waals surface area (Å²) in [5.41, 5.74) is 1.33. The first-order valence-corrected chi connectivity index (χ1v) is 7.14. The van der Waals surface area contributed by atoms with Crippen LogP contribution in [0, 0.1) is 0 Å². The van der Waals surface area contributed by atoms with Crippen molar-refractivity contribution in [3.8, 4) is 0 Å². The van der Waals surface area contributed by atoms with Gasteiger partial charge in [0.15, 0.2) is 0 Å². The van der Waals surface area contributed by atoms with Crippen LogP contribution in [0.5, 0.6) is 0 Å². The van der Waals surface area contributed by atoms with Crippen LogP contribution in [0.15, 0.2) is 22.7 Å². The van der Waals surface area contributed by atoms with Gasteiger partial charge >= 0.3 is 5.97 Å². The highest BCUT2D eigenvalue weighted by Gasteiger charge is 2.35. The van der Waals surface area contributed by atoms with Gasteiger partial charge in [0.05, 0.1) is 25.1 Å². The molecular formula is C14H15BrN2O4. The summed E-state index contributed by atoms with van der Waals surface area (Å²) in [5, 5.41) is 3.05. The summed E-state index contributed by atoms with van der Waals surface area (Å²) in [6.45, 7) is 0.416. The van der Waals surface area contributed by atoms with E-state index in [1.807, 2.05) is 0 Å². The Morgan fingerprint density at radius 2 is 2.19 bits per heavy atom. The van der Waals surface area contributed by atoms with E-state index in [1.165, 1.54) is 14.2 Å². The first-order valence-electron chi connectivity index (χ1n) is 6.34. The molecule has 112 valence electrons. The minimum atomic E-state index is -0.491. The number of nitrogens with one attached hydrogen (secondary N) is 1. The Bertz CT molecular complexity index is 603. The number of likely N-dealkylation sites (N-methyl/N-ethyl adjacent to an activating group) is 1. The fourth-order valence-electron chi connectivity index (χ4n) is 2.08. The number of benzene rings is 1. The Hall–Kier alpha value is -1.73. The van der Waals surface area contributed by atoms with E-state index >= 15 is 0 Å². The lowest BCUT2D eigenvalue weighted by Gasteiger charge is -2.12. The SMILES string of the molecule is COC(=O)c1ccc(CNC2CC(=O)N(C)C2=O)c(Br)c1. The second kappa shape index (κ2) is 6.36. The number of rotatable bonds is 4. The number of esters is 1. The standard InChI is InChI=1S/C14H15BrN2O4/c1-17-12(18)6-11(13(17)19)16-7-9-4-3-8(5-10(9)15)14(20)21-2/h3-5,11,16H,6-7H2,1-2H3. The van der Waals surface area contributed by atoms with Gasteiger partial charge in [-0.2, -0.15) is 0 Å². The number of amides is 2. The molecule has 0 radical (unpaired) electrons. The van der Waals surface area contributed by atoms with Gasteiger partial charge in [-0.25, -0.2) is 4.79 Å². The maximum absolute atomic E-state index is 11.8. The number of nitrogens with zero attached hydrogens (tertiary/aromatic N) is 1. The predicted octanol–water partition coefficient (Wildman–Crippen LogP) is 1.08. The molecule has 1 N–H and O–H groups in total. The van der Waals surface area contributed by atoms with E-state index in [-0.39, 0.29) is 18.2 Å². The van der Waals surface area contributed by atoms with Crippen molar-refractivity contribution in [2.75, 3.05) is 14.2 Å². The lowest BCUT2D eigenvalue weighted by molar-refractivity contribution is -0.137. The number of methoxy groups -OCH3 is 1. The smallest absolute Gasteiger partial charge is 0.337 e. The van der Waals surface area contributed by atoms with Crippen molar-refractivity contribution in [3.05, 3.63) is 33.8 Å². The van der Waals surface area contributed by atoms with Crippen LogP contribution in [0.3, 0.4) is 0 Å². The first kappa shape index (κ1) is 15.7. The van der Waals surface area contributed by atoms with Crippen molar-refractivity contribution in [1.82, 2.24) is 10.2 Å². The molecule has 0 bridgehead atoms. The molecule has 6 nitrogen and oxygen atoms in total. The molecule has 2 amide bonds. The maximum atomic E-state index is 11.8. The molecule has 0 saturated carbocycles. The highest BCUT2D eigenvalue weighted by Crippen LogP contribution is 2.20. The van der Waals surface area contributed by atoms with Crippen LogP contribution < -0.4 is 5.32 Å². The number of carbonyl (C=O) groups excluding carboxylic acids is 3. The normalized spacial score (nSPS) is 18.2. The minimum Gasteiger partial charge on any atom is -0.465 e. The van der Waals surface area contributed by atoms with Gasteiger partial charge in [0, 0.05) is 18.1 Å². The van der Waals surface area contributed by atoms with Crippen LogP contribution in [0.4, 0.5) is 0 Å². The number of halogens is 1. The van der Waals surface area contributed by atoms with Gasteiger partial charge in [0.2, 0.25) is 11.8 Å². The molecule has 2 rings (SSSR count). The van der Waals surface area contributed by atoms with E-state index in [9.17, 15) is 14.4 Å². The van der Waals surface area contributed by atoms with Gasteiger partial charge < -0.3 is 10.1 Å². The molecule has 0 aliphatic carbocycles. The van der Waals surface area contributed by atoms with Crippen LogP contribution in [0.25, 0.3) is 0 Å². The van der Waals surface area contributed by atoms with Crippen molar-refractivity contribution in [2.45, 2.75) is 19.0 Å². The van der Waals surface area contributed by atoms with Crippen molar-refractivity contribution < 1.29 is 19.1 Å². The third kappa shape index (κ3) is 3.30. The molecule has 1 unspecified atom stereocenters. The molecule has 1 heterocycles. The first-order chi connectivity index (χ1) is 9.93. The van der Waals surface area contributed by atoms with Crippen molar-refractivity contribution in [1.29, 1.82) is 0 Å². The van der Waals surface area contributed by atoms with Crippen LogP contribution in [-0.2, 0) is 20.9 Å². The summed E-state index contributed by atoms with van der Waals surface area (Å²) >= 11 is 3.38. The van der Waals surface area contributed by atoms with E-state index in [1.54, 1.807) is 18.2 Å². The number of carbonyl (C=O) groups is 3. The Morgan fingerprint density at radius 3 is 2.71 bits per heavy atom. The zero-order valence-corrected chi connectivity index (χ0v) is 13.3. The van der Waals surface area contributed by atoms with Gasteiger partial charge in [0.25, 0.3) is 0 Å². The monoisotopic (exact) mass is 354 g/mol. The quantitative estimate of drug-likeness (QED) is 0.646. The highest BCUT2D eigenvalue weighted by molar-refractivity contribution is 9.10. The second-order valence-corrected chi connectivity index (χ2v) is 5.58. The summed E-state index contributed by atoms with van der Waals surface area (Å²) < 4.78 is 5.39. The summed E-state index contributed by atoms with van der Waals surface area (Å²) in [5.74, 6) is -0.812. The molecule has 1 fully saturated rings. The van der Waals surface area contributed by atoms with Crippen molar-refractivity contribution in [2.24, 2.45) is 0 Å². The zero-order chi connectivity index (χ0) is 15.6. The van der Waals surface area contributed by atoms with Gasteiger partial charge in [-0.05, 0) is 17.7 Å². The molecular weight excluding hydrogens is 340 g/mol. The fourth-order valence-corrected chi connectivity index (χ4v) is 2.60. The minimum absolute atomic E-state index is 0.174. The Balaban J connectivity index is 2.03. The van der Waals surface area contributed by atoms with E-state index in [2.05, 4.69) is 26.0 Å². The molecule has 1 aromatic carbocycles. The lowest BCUT2D eigenvalue weighted by Crippen LogP contribution is -2.36. The van der Waals surface area contributed by atoms with Crippen LogP contribution >= 0.6 is 15.9 Å². The molecule has 1 aliphatic rings. The number of ether oxygens (including phenoxy) is 1. The van der Waals surface area contributed by atoms with Crippen molar-refractivity contribution in [3.63, 3.8) is 0 Å². The molecule has 0 aromatic heterocycles. The number of likely N-dealkylation sites (tertiary alicyclic amines) is 1. The summed E-state index contributed by atoms with van der Waals surface area (Å²) in [7, 11) is 2.80. The topological polar surface area (TPSA) is 75.7 Å². The molecule has 21 heavy (non-hydrogen) atoms. The Labute approximate surface area is 130 Å². The Morgan fingerprint density at radius 1 is 1.48 bits per heavy atom. The lowest BCUT2D eigenvalue weighted by atomic mass is 10.1. The van der Waals surface area contributed by atoms with E-state index in [4.69, 9.17) is 0 Å². The zero-order valence-electron chi connectivity index (χ0n) is 11.7. The second-order valence-electron chi connectivity index (χ2n) is 4.73. The van der Waals surface area contributed by atoms with Gasteiger partial charge in [0.1, 0.15) is 0 Å².